The second-order valence-corrected chi connectivity index (χ2v) is 6.58. The van der Waals surface area contributed by atoms with Crippen molar-refractivity contribution in [1.82, 2.24) is 5.32 Å². The molecule has 1 saturated carbocycles. The minimum Gasteiger partial charge on any atom is -0.368 e. The molecule has 1 aromatic rings. The molecule has 1 aliphatic rings. The Labute approximate surface area is 140 Å². The van der Waals surface area contributed by atoms with Gasteiger partial charge in [0.15, 0.2) is 0 Å². The molecule has 0 heterocycles. The topological polar surface area (TPSA) is 72.2 Å². The number of amides is 2. The maximum Gasteiger partial charge on any atom is 0.240 e. The first-order chi connectivity index (χ1) is 10.5. The lowest BCUT2D eigenvalue weighted by Crippen LogP contribution is -2.48. The second-order valence-electron chi connectivity index (χ2n) is 5.74. The number of primary amides is 1. The lowest BCUT2D eigenvalue weighted by atomic mass is 9.88. The van der Waals surface area contributed by atoms with E-state index < -0.39 is 11.9 Å². The third kappa shape index (κ3) is 4.62. The van der Waals surface area contributed by atoms with Crippen LogP contribution in [0.2, 0.25) is 10.0 Å². The van der Waals surface area contributed by atoms with E-state index in [1.54, 1.807) is 18.2 Å². The fraction of sp³-hybridized carbons (Fsp3) is 0.500. The average molecular weight is 343 g/mol. The zero-order chi connectivity index (χ0) is 16.1. The van der Waals surface area contributed by atoms with Crippen molar-refractivity contribution in [3.05, 3.63) is 33.8 Å². The van der Waals surface area contributed by atoms with Gasteiger partial charge in [-0.1, -0.05) is 48.5 Å². The molecular weight excluding hydrogens is 323 g/mol. The van der Waals surface area contributed by atoms with Gasteiger partial charge in [-0.05, 0) is 30.5 Å². The number of nitrogens with two attached hydrogens (primary N) is 1. The summed E-state index contributed by atoms with van der Waals surface area (Å²) in [6.07, 6.45) is 5.30. The predicted molar refractivity (Wildman–Crippen MR) is 87.9 cm³/mol. The summed E-state index contributed by atoms with van der Waals surface area (Å²) in [5.41, 5.74) is 6.15. The molecule has 2 rings (SSSR count). The maximum absolute atomic E-state index is 12.3. The van der Waals surface area contributed by atoms with E-state index >= 15 is 0 Å². The molecular formula is C16H20Cl2N2O2. The molecule has 22 heavy (non-hydrogen) atoms. The van der Waals surface area contributed by atoms with Gasteiger partial charge in [-0.25, -0.2) is 0 Å². The van der Waals surface area contributed by atoms with Gasteiger partial charge in [-0.2, -0.15) is 0 Å². The highest BCUT2D eigenvalue weighted by atomic mass is 35.5. The molecule has 0 radical (unpaired) electrons. The maximum atomic E-state index is 12.3. The molecule has 1 fully saturated rings. The molecule has 0 spiro atoms. The van der Waals surface area contributed by atoms with Crippen LogP contribution in [-0.4, -0.2) is 17.9 Å². The number of carbonyl (C=O) groups is 2. The first kappa shape index (κ1) is 17.1. The lowest BCUT2D eigenvalue weighted by molar-refractivity contribution is -0.130. The zero-order valence-electron chi connectivity index (χ0n) is 12.3. The van der Waals surface area contributed by atoms with E-state index in [0.29, 0.717) is 10.0 Å². The van der Waals surface area contributed by atoms with Crippen LogP contribution in [0.3, 0.4) is 0 Å². The van der Waals surface area contributed by atoms with Crippen LogP contribution in [0.5, 0.6) is 0 Å². The van der Waals surface area contributed by atoms with Crippen LogP contribution in [0.1, 0.15) is 37.7 Å². The van der Waals surface area contributed by atoms with Gasteiger partial charge in [0, 0.05) is 22.4 Å². The molecule has 4 nitrogen and oxygen atoms in total. The Morgan fingerprint density at radius 1 is 1.23 bits per heavy atom. The average Bonchev–Trinajstić information content (AvgIpc) is 2.49. The Kier molecular flexibility index (Phi) is 6.09. The number of hydrogen-bond donors (Lipinski definition) is 2. The molecule has 0 aromatic heterocycles. The van der Waals surface area contributed by atoms with Crippen molar-refractivity contribution in [2.75, 3.05) is 0 Å². The SMILES string of the molecule is NC(=O)[C@@H](Cc1ccc(Cl)cc1Cl)NC(=O)C1CCCCC1. The van der Waals surface area contributed by atoms with Gasteiger partial charge in [0.2, 0.25) is 11.8 Å². The molecule has 6 heteroatoms. The van der Waals surface area contributed by atoms with Gasteiger partial charge < -0.3 is 11.1 Å². The molecule has 0 bridgehead atoms. The molecule has 2 amide bonds. The Morgan fingerprint density at radius 3 is 2.50 bits per heavy atom. The summed E-state index contributed by atoms with van der Waals surface area (Å²) in [6, 6.07) is 4.30. The first-order valence-electron chi connectivity index (χ1n) is 7.51. The van der Waals surface area contributed by atoms with Gasteiger partial charge in [0.05, 0.1) is 0 Å². The largest absolute Gasteiger partial charge is 0.368 e. The van der Waals surface area contributed by atoms with E-state index in [-0.39, 0.29) is 18.2 Å². The van der Waals surface area contributed by atoms with Crippen molar-refractivity contribution in [3.63, 3.8) is 0 Å². The second kappa shape index (κ2) is 7.84. The van der Waals surface area contributed by atoms with E-state index in [1.165, 1.54) is 6.42 Å². The van der Waals surface area contributed by atoms with Gasteiger partial charge in [0.1, 0.15) is 6.04 Å². The highest BCUT2D eigenvalue weighted by Crippen LogP contribution is 2.25. The summed E-state index contributed by atoms with van der Waals surface area (Å²) >= 11 is 12.0. The summed E-state index contributed by atoms with van der Waals surface area (Å²) < 4.78 is 0. The van der Waals surface area contributed by atoms with Crippen LogP contribution < -0.4 is 11.1 Å². The Hall–Kier alpha value is -1.26. The van der Waals surface area contributed by atoms with Crippen LogP contribution >= 0.6 is 23.2 Å². The first-order valence-corrected chi connectivity index (χ1v) is 8.26. The minimum absolute atomic E-state index is 0.0173. The smallest absolute Gasteiger partial charge is 0.240 e. The van der Waals surface area contributed by atoms with E-state index in [0.717, 1.165) is 31.2 Å². The number of hydrogen-bond acceptors (Lipinski definition) is 2. The third-order valence-corrected chi connectivity index (χ3v) is 4.66. The standard InChI is InChI=1S/C16H20Cl2N2O2/c17-12-7-6-11(13(18)9-12)8-14(15(19)21)20-16(22)10-4-2-1-3-5-10/h6-7,9-10,14H,1-5,8H2,(H2,19,21)(H,20,22)/t14-/m1/s1. The number of benzene rings is 1. The van der Waals surface area contributed by atoms with Crippen LogP contribution in [0.4, 0.5) is 0 Å². The highest BCUT2D eigenvalue weighted by Gasteiger charge is 2.26. The Morgan fingerprint density at radius 2 is 1.91 bits per heavy atom. The monoisotopic (exact) mass is 342 g/mol. The normalized spacial score (nSPS) is 17.0. The number of rotatable bonds is 5. The highest BCUT2D eigenvalue weighted by molar-refractivity contribution is 6.35. The van der Waals surface area contributed by atoms with E-state index in [2.05, 4.69) is 5.32 Å². The molecule has 0 unspecified atom stereocenters. The van der Waals surface area contributed by atoms with Crippen molar-refractivity contribution in [2.45, 2.75) is 44.6 Å². The summed E-state index contributed by atoms with van der Waals surface area (Å²) in [7, 11) is 0. The fourth-order valence-corrected chi connectivity index (χ4v) is 3.27. The summed E-state index contributed by atoms with van der Waals surface area (Å²) in [5.74, 6) is -0.667. The van der Waals surface area contributed by atoms with Gasteiger partial charge in [-0.3, -0.25) is 9.59 Å². The molecule has 0 saturated heterocycles. The van der Waals surface area contributed by atoms with Gasteiger partial charge >= 0.3 is 0 Å². The minimum atomic E-state index is -0.756. The molecule has 120 valence electrons. The van der Waals surface area contributed by atoms with Gasteiger partial charge in [-0.15, -0.1) is 0 Å². The Bertz CT molecular complexity index is 557. The summed E-state index contributed by atoms with van der Waals surface area (Å²) in [4.78, 5) is 23.9. The zero-order valence-corrected chi connectivity index (χ0v) is 13.8. The molecule has 3 N–H and O–H groups in total. The molecule has 0 aliphatic heterocycles. The van der Waals surface area contributed by atoms with Crippen molar-refractivity contribution < 1.29 is 9.59 Å². The predicted octanol–water partition coefficient (Wildman–Crippen LogP) is 3.09. The van der Waals surface area contributed by atoms with Crippen molar-refractivity contribution in [3.8, 4) is 0 Å². The lowest BCUT2D eigenvalue weighted by Gasteiger charge is -2.24. The number of carbonyl (C=O) groups excluding carboxylic acids is 2. The number of halogens is 2. The molecule has 1 aromatic carbocycles. The fourth-order valence-electron chi connectivity index (χ4n) is 2.78. The summed E-state index contributed by atoms with van der Waals surface area (Å²) in [5, 5.41) is 3.76. The molecule has 1 atom stereocenters. The molecule has 1 aliphatic carbocycles. The number of nitrogens with one attached hydrogen (secondary N) is 1. The van der Waals surface area contributed by atoms with E-state index in [4.69, 9.17) is 28.9 Å². The van der Waals surface area contributed by atoms with Gasteiger partial charge in [0.25, 0.3) is 0 Å². The van der Waals surface area contributed by atoms with Crippen LogP contribution in [0, 0.1) is 5.92 Å². The summed E-state index contributed by atoms with van der Waals surface area (Å²) in [6.45, 7) is 0. The van der Waals surface area contributed by atoms with Crippen LogP contribution in [0.15, 0.2) is 18.2 Å². The van der Waals surface area contributed by atoms with E-state index in [9.17, 15) is 9.59 Å². The Balaban J connectivity index is 2.03. The van der Waals surface area contributed by atoms with Crippen molar-refractivity contribution in [1.29, 1.82) is 0 Å². The van der Waals surface area contributed by atoms with Crippen molar-refractivity contribution >= 4 is 35.0 Å². The van der Waals surface area contributed by atoms with Crippen LogP contribution in [-0.2, 0) is 16.0 Å². The van der Waals surface area contributed by atoms with Crippen molar-refractivity contribution in [2.24, 2.45) is 11.7 Å². The van der Waals surface area contributed by atoms with E-state index in [1.807, 2.05) is 0 Å². The third-order valence-electron chi connectivity index (χ3n) is 4.08. The quantitative estimate of drug-likeness (QED) is 0.862. The van der Waals surface area contributed by atoms with Crippen LogP contribution in [0.25, 0.3) is 0 Å².